The van der Waals surface area contributed by atoms with Crippen molar-refractivity contribution in [2.75, 3.05) is 19.7 Å². The number of hydrogen-bond acceptors (Lipinski definition) is 5. The van der Waals surface area contributed by atoms with Gasteiger partial charge in [-0.15, -0.1) is 0 Å². The van der Waals surface area contributed by atoms with Gasteiger partial charge in [0, 0.05) is 19.5 Å². The van der Waals surface area contributed by atoms with Crippen LogP contribution in [0.5, 0.6) is 5.75 Å². The molecule has 0 unspecified atom stereocenters. The zero-order valence-corrected chi connectivity index (χ0v) is 17.0. The molecular formula is C22H29N3O3. The minimum atomic E-state index is -0.155. The van der Waals surface area contributed by atoms with Crippen LogP contribution in [0, 0.1) is 18.8 Å². The average Bonchev–Trinajstić information content (AvgIpc) is 3.33. The van der Waals surface area contributed by atoms with Crippen LogP contribution in [0.3, 0.4) is 0 Å². The number of aryl methyl sites for hydroxylation is 1. The Hall–Kier alpha value is -2.37. The Morgan fingerprint density at radius 1 is 1.43 bits per heavy atom. The zero-order valence-electron chi connectivity index (χ0n) is 17.0. The maximum Gasteiger partial charge on any atom is 0.260 e. The summed E-state index contributed by atoms with van der Waals surface area (Å²) in [5.74, 6) is 3.14. The Balaban J connectivity index is 1.44. The van der Waals surface area contributed by atoms with Crippen LogP contribution in [-0.2, 0) is 16.6 Å². The summed E-state index contributed by atoms with van der Waals surface area (Å²) < 4.78 is 11.2. The molecule has 1 aliphatic heterocycles. The fourth-order valence-electron chi connectivity index (χ4n) is 4.68. The molecule has 2 heterocycles. The highest BCUT2D eigenvalue weighted by atomic mass is 16.5. The first kappa shape index (κ1) is 19.0. The van der Waals surface area contributed by atoms with Gasteiger partial charge in [0.25, 0.3) is 5.91 Å². The molecule has 150 valence electrons. The predicted octanol–water partition coefficient (Wildman–Crippen LogP) is 3.54. The summed E-state index contributed by atoms with van der Waals surface area (Å²) in [5, 5.41) is 4.33. The first-order valence-corrected chi connectivity index (χ1v) is 10.3. The lowest BCUT2D eigenvalue weighted by molar-refractivity contribution is -0.132. The number of nitrogens with zero attached hydrogens (tertiary/aromatic N) is 3. The fraction of sp³-hybridized carbons (Fsp3) is 0.591. The van der Waals surface area contributed by atoms with Gasteiger partial charge in [-0.1, -0.05) is 37.6 Å². The smallest absolute Gasteiger partial charge is 0.260 e. The summed E-state index contributed by atoms with van der Waals surface area (Å²) in [4.78, 5) is 19.4. The highest BCUT2D eigenvalue weighted by Gasteiger charge is 2.54. The van der Waals surface area contributed by atoms with Crippen molar-refractivity contribution in [1.29, 1.82) is 0 Å². The van der Waals surface area contributed by atoms with Gasteiger partial charge in [-0.2, -0.15) is 4.98 Å². The first-order valence-electron chi connectivity index (χ1n) is 10.3. The van der Waals surface area contributed by atoms with Crippen molar-refractivity contribution in [3.63, 3.8) is 0 Å². The van der Waals surface area contributed by atoms with Crippen molar-refractivity contribution < 1.29 is 14.1 Å². The van der Waals surface area contributed by atoms with Gasteiger partial charge in [0.15, 0.2) is 12.4 Å². The average molecular weight is 383 g/mol. The van der Waals surface area contributed by atoms with Gasteiger partial charge in [-0.3, -0.25) is 4.79 Å². The summed E-state index contributed by atoms with van der Waals surface area (Å²) in [7, 11) is 0. The fourth-order valence-corrected chi connectivity index (χ4v) is 4.68. The van der Waals surface area contributed by atoms with Crippen LogP contribution < -0.4 is 4.74 Å². The number of carbonyl (C=O) groups excluding carboxylic acids is 1. The van der Waals surface area contributed by atoms with Crippen molar-refractivity contribution in [3.05, 3.63) is 41.5 Å². The number of carbonyl (C=O) groups is 1. The number of fused-ring (bicyclic) bond motifs is 1. The van der Waals surface area contributed by atoms with Crippen molar-refractivity contribution in [2.45, 2.75) is 51.9 Å². The predicted molar refractivity (Wildman–Crippen MR) is 105 cm³/mol. The van der Waals surface area contributed by atoms with E-state index in [2.05, 4.69) is 19.0 Å². The van der Waals surface area contributed by atoms with Gasteiger partial charge in [0.2, 0.25) is 5.89 Å². The van der Waals surface area contributed by atoms with Gasteiger partial charge < -0.3 is 14.2 Å². The van der Waals surface area contributed by atoms with E-state index in [1.807, 2.05) is 36.1 Å². The topological polar surface area (TPSA) is 68.5 Å². The minimum Gasteiger partial charge on any atom is -0.484 e. The van der Waals surface area contributed by atoms with Crippen LogP contribution in [0.4, 0.5) is 0 Å². The van der Waals surface area contributed by atoms with Crippen LogP contribution >= 0.6 is 0 Å². The summed E-state index contributed by atoms with van der Waals surface area (Å²) in [6.45, 7) is 7.78. The molecule has 2 atom stereocenters. The summed E-state index contributed by atoms with van der Waals surface area (Å²) in [5.41, 5.74) is 0.964. The molecule has 1 saturated carbocycles. The molecule has 1 saturated heterocycles. The highest BCUT2D eigenvalue weighted by Crippen LogP contribution is 2.49. The molecule has 6 nitrogen and oxygen atoms in total. The second-order valence-corrected chi connectivity index (χ2v) is 8.73. The van der Waals surface area contributed by atoms with Crippen LogP contribution in [0.15, 0.2) is 28.8 Å². The number of aromatic nitrogens is 2. The molecule has 0 N–H and O–H groups in total. The van der Waals surface area contributed by atoms with E-state index >= 15 is 0 Å². The molecule has 0 spiro atoms. The van der Waals surface area contributed by atoms with E-state index in [-0.39, 0.29) is 17.9 Å². The van der Waals surface area contributed by atoms with E-state index in [1.54, 1.807) is 0 Å². The molecule has 6 heteroatoms. The first-order chi connectivity index (χ1) is 13.5. The third-order valence-electron chi connectivity index (χ3n) is 6.07. The molecule has 0 bridgehead atoms. The van der Waals surface area contributed by atoms with Crippen LogP contribution in [0.1, 0.15) is 50.4 Å². The molecule has 1 amide bonds. The second-order valence-electron chi connectivity index (χ2n) is 8.73. The monoisotopic (exact) mass is 383 g/mol. The number of rotatable bonds is 6. The van der Waals surface area contributed by atoms with E-state index in [0.717, 1.165) is 49.4 Å². The Morgan fingerprint density at radius 3 is 3.07 bits per heavy atom. The minimum absolute atomic E-state index is 0.0289. The molecule has 28 heavy (non-hydrogen) atoms. The zero-order chi connectivity index (χ0) is 19.7. The molecule has 4 rings (SSSR count). The van der Waals surface area contributed by atoms with E-state index in [1.165, 1.54) is 0 Å². The van der Waals surface area contributed by atoms with Crippen LogP contribution in [0.25, 0.3) is 0 Å². The van der Waals surface area contributed by atoms with E-state index in [4.69, 9.17) is 14.2 Å². The van der Waals surface area contributed by atoms with Gasteiger partial charge in [-0.05, 0) is 49.3 Å². The molecule has 0 radical (unpaired) electrons. The van der Waals surface area contributed by atoms with E-state index in [0.29, 0.717) is 24.3 Å². The van der Waals surface area contributed by atoms with Gasteiger partial charge in [0.05, 0.1) is 5.41 Å². The van der Waals surface area contributed by atoms with Gasteiger partial charge in [-0.25, -0.2) is 0 Å². The normalized spacial score (nSPS) is 24.0. The molecule has 1 aliphatic carbocycles. The van der Waals surface area contributed by atoms with E-state index < -0.39 is 0 Å². The Morgan fingerprint density at radius 2 is 2.29 bits per heavy atom. The largest absolute Gasteiger partial charge is 0.484 e. The maximum absolute atomic E-state index is 12.8. The number of hydrogen-bond donors (Lipinski definition) is 0. The third kappa shape index (κ3) is 3.64. The maximum atomic E-state index is 12.8. The Bertz CT molecular complexity index is 847. The lowest BCUT2D eigenvalue weighted by Gasteiger charge is -2.24. The summed E-state index contributed by atoms with van der Waals surface area (Å²) in [6.07, 6.45) is 4.07. The van der Waals surface area contributed by atoms with Crippen molar-refractivity contribution >= 4 is 5.91 Å². The summed E-state index contributed by atoms with van der Waals surface area (Å²) >= 11 is 0. The summed E-state index contributed by atoms with van der Waals surface area (Å²) in [6, 6.07) is 7.78. The van der Waals surface area contributed by atoms with Crippen LogP contribution in [-0.4, -0.2) is 40.6 Å². The quantitative estimate of drug-likeness (QED) is 0.763. The highest BCUT2D eigenvalue weighted by molar-refractivity contribution is 5.78. The van der Waals surface area contributed by atoms with Crippen molar-refractivity contribution in [2.24, 2.45) is 11.8 Å². The number of amides is 1. The van der Waals surface area contributed by atoms with Crippen molar-refractivity contribution in [1.82, 2.24) is 15.0 Å². The lowest BCUT2D eigenvalue weighted by Crippen LogP contribution is -2.37. The molecule has 2 aromatic rings. The number of likely N-dealkylation sites (tertiary alicyclic amines) is 1. The van der Waals surface area contributed by atoms with Crippen molar-refractivity contribution in [3.8, 4) is 5.75 Å². The molecule has 1 aromatic heterocycles. The molecule has 1 aromatic carbocycles. The SMILES string of the molecule is Cc1cccc(OCC(=O)N2C[C@H]3CCC[C@@]3(c3noc(CC(C)C)n3)C2)c1. The third-order valence-corrected chi connectivity index (χ3v) is 6.07. The molecular weight excluding hydrogens is 354 g/mol. The molecule has 2 fully saturated rings. The standard InChI is InChI=1S/C22H29N3O3/c1-15(2)10-19-23-21(24-28-19)22-9-5-7-17(22)12-25(14-22)20(26)13-27-18-8-4-6-16(3)11-18/h4,6,8,11,15,17H,5,7,9-10,12-14H2,1-3H3/t17-,22-/m1/s1. The Labute approximate surface area is 166 Å². The number of benzene rings is 1. The van der Waals surface area contributed by atoms with E-state index in [9.17, 15) is 4.79 Å². The Kier molecular flexibility index (Phi) is 5.13. The van der Waals surface area contributed by atoms with Gasteiger partial charge in [0.1, 0.15) is 5.75 Å². The molecule has 2 aliphatic rings. The second kappa shape index (κ2) is 7.57. The lowest BCUT2D eigenvalue weighted by atomic mass is 9.80. The van der Waals surface area contributed by atoms with Gasteiger partial charge >= 0.3 is 0 Å². The number of ether oxygens (including phenoxy) is 1. The van der Waals surface area contributed by atoms with Crippen LogP contribution in [0.2, 0.25) is 0 Å².